The average molecular weight is 365 g/mol. The fourth-order valence-electron chi connectivity index (χ4n) is 1.94. The zero-order valence-corrected chi connectivity index (χ0v) is 15.4. The fraction of sp³-hybridized carbons (Fsp3) is 0.412. The molecule has 0 radical (unpaired) electrons. The van der Waals surface area contributed by atoms with Crippen LogP contribution < -0.4 is 16.0 Å². The highest BCUT2D eigenvalue weighted by Gasteiger charge is 2.11. The van der Waals surface area contributed by atoms with Crippen LogP contribution in [0.3, 0.4) is 0 Å². The third-order valence-electron chi connectivity index (χ3n) is 3.29. The first-order chi connectivity index (χ1) is 11.9. The van der Waals surface area contributed by atoms with Crippen molar-refractivity contribution < 1.29 is 19.1 Å². The summed E-state index contributed by atoms with van der Waals surface area (Å²) in [6, 6.07) is 5.34. The van der Waals surface area contributed by atoms with Crippen LogP contribution in [-0.2, 0) is 19.1 Å². The van der Waals surface area contributed by atoms with Crippen molar-refractivity contribution in [1.29, 1.82) is 0 Å². The average Bonchev–Trinajstić information content (AvgIpc) is 2.56. The summed E-state index contributed by atoms with van der Waals surface area (Å²) in [5.41, 5.74) is 2.14. The number of hydrogen-bond acceptors (Lipinski definition) is 5. The van der Waals surface area contributed by atoms with E-state index in [1.807, 2.05) is 6.92 Å². The standard InChI is InChI=1S/C17H23N3O4S/c1-4-14(21)18-12-7-6-8-13(11(12)3)19-17(25)20-15(22)9-10-16(23)24-5-2/h6-8H,4-5,9-10H2,1-3H3,(H,18,21)(H2,19,20,22,25). The third-order valence-corrected chi connectivity index (χ3v) is 3.50. The summed E-state index contributed by atoms with van der Waals surface area (Å²) in [5, 5.41) is 8.35. The number of anilines is 2. The van der Waals surface area contributed by atoms with Gasteiger partial charge in [-0.1, -0.05) is 13.0 Å². The van der Waals surface area contributed by atoms with Crippen molar-refractivity contribution in [3.8, 4) is 0 Å². The predicted molar refractivity (Wildman–Crippen MR) is 100 cm³/mol. The quantitative estimate of drug-likeness (QED) is 0.507. The van der Waals surface area contributed by atoms with Crippen LogP contribution in [0.5, 0.6) is 0 Å². The third kappa shape index (κ3) is 7.30. The second kappa shape index (κ2) is 10.4. The molecule has 0 aromatic heterocycles. The Morgan fingerprint density at radius 3 is 2.28 bits per heavy atom. The Morgan fingerprint density at radius 2 is 1.68 bits per heavy atom. The molecule has 0 fully saturated rings. The zero-order valence-electron chi connectivity index (χ0n) is 14.6. The second-order valence-electron chi connectivity index (χ2n) is 5.19. The number of rotatable bonds is 7. The maximum Gasteiger partial charge on any atom is 0.306 e. The Kier molecular flexibility index (Phi) is 8.55. The lowest BCUT2D eigenvalue weighted by Crippen LogP contribution is -2.34. The number of nitrogens with one attached hydrogen (secondary N) is 3. The van der Waals surface area contributed by atoms with Crippen molar-refractivity contribution >= 4 is 46.5 Å². The SMILES string of the molecule is CCOC(=O)CCC(=O)NC(=S)Nc1cccc(NC(=O)CC)c1C. The van der Waals surface area contributed by atoms with Gasteiger partial charge in [0.25, 0.3) is 0 Å². The monoisotopic (exact) mass is 365 g/mol. The molecule has 136 valence electrons. The highest BCUT2D eigenvalue weighted by molar-refractivity contribution is 7.80. The molecule has 0 atom stereocenters. The first kappa shape index (κ1) is 20.6. The molecule has 0 unspecified atom stereocenters. The van der Waals surface area contributed by atoms with E-state index in [1.165, 1.54) is 0 Å². The van der Waals surface area contributed by atoms with Gasteiger partial charge in [-0.2, -0.15) is 0 Å². The van der Waals surface area contributed by atoms with Gasteiger partial charge in [-0.05, 0) is 43.8 Å². The van der Waals surface area contributed by atoms with Crippen LogP contribution in [0.2, 0.25) is 0 Å². The van der Waals surface area contributed by atoms with Crippen molar-refractivity contribution in [2.24, 2.45) is 0 Å². The maximum absolute atomic E-state index is 11.8. The van der Waals surface area contributed by atoms with Gasteiger partial charge in [0.2, 0.25) is 11.8 Å². The fourth-order valence-corrected chi connectivity index (χ4v) is 2.16. The van der Waals surface area contributed by atoms with Gasteiger partial charge in [-0.15, -0.1) is 0 Å². The molecule has 2 amide bonds. The number of carbonyl (C=O) groups is 3. The van der Waals surface area contributed by atoms with E-state index in [1.54, 1.807) is 32.0 Å². The summed E-state index contributed by atoms with van der Waals surface area (Å²) >= 11 is 5.11. The first-order valence-electron chi connectivity index (χ1n) is 8.03. The van der Waals surface area contributed by atoms with Crippen LogP contribution in [0, 0.1) is 6.92 Å². The summed E-state index contributed by atoms with van der Waals surface area (Å²) in [4.78, 5) is 34.6. The van der Waals surface area contributed by atoms with Gasteiger partial charge in [0.05, 0.1) is 13.0 Å². The summed E-state index contributed by atoms with van der Waals surface area (Å²) in [6.45, 7) is 5.59. The van der Waals surface area contributed by atoms with Crippen LogP contribution in [0.25, 0.3) is 0 Å². The van der Waals surface area contributed by atoms with Crippen LogP contribution in [-0.4, -0.2) is 29.5 Å². The van der Waals surface area contributed by atoms with E-state index in [4.69, 9.17) is 17.0 Å². The minimum atomic E-state index is -0.424. The number of amides is 2. The lowest BCUT2D eigenvalue weighted by Gasteiger charge is -2.15. The molecule has 1 aromatic carbocycles. The number of ether oxygens (including phenoxy) is 1. The lowest BCUT2D eigenvalue weighted by molar-refractivity contribution is -0.144. The minimum absolute atomic E-state index is 0.000150. The molecule has 0 saturated carbocycles. The van der Waals surface area contributed by atoms with Gasteiger partial charge < -0.3 is 20.7 Å². The molecular weight excluding hydrogens is 342 g/mol. The summed E-state index contributed by atoms with van der Waals surface area (Å²) < 4.78 is 4.76. The number of hydrogen-bond donors (Lipinski definition) is 3. The second-order valence-corrected chi connectivity index (χ2v) is 5.60. The van der Waals surface area contributed by atoms with Crippen molar-refractivity contribution in [1.82, 2.24) is 5.32 Å². The molecule has 0 spiro atoms. The van der Waals surface area contributed by atoms with Gasteiger partial charge in [0.15, 0.2) is 5.11 Å². The maximum atomic E-state index is 11.8. The van der Waals surface area contributed by atoms with Gasteiger partial charge >= 0.3 is 5.97 Å². The lowest BCUT2D eigenvalue weighted by atomic mass is 10.1. The summed E-state index contributed by atoms with van der Waals surface area (Å²) in [5.74, 6) is -0.888. The number of benzene rings is 1. The Balaban J connectivity index is 2.59. The molecular formula is C17H23N3O4S. The van der Waals surface area contributed by atoms with E-state index < -0.39 is 5.97 Å². The molecule has 0 saturated heterocycles. The van der Waals surface area contributed by atoms with Crippen molar-refractivity contribution in [3.05, 3.63) is 23.8 Å². The van der Waals surface area contributed by atoms with E-state index in [-0.39, 0.29) is 36.4 Å². The van der Waals surface area contributed by atoms with E-state index in [2.05, 4.69) is 16.0 Å². The topological polar surface area (TPSA) is 96.5 Å². The van der Waals surface area contributed by atoms with Crippen LogP contribution in [0.15, 0.2) is 18.2 Å². The van der Waals surface area contributed by atoms with Gasteiger partial charge in [-0.25, -0.2) is 0 Å². The molecule has 0 aliphatic carbocycles. The van der Waals surface area contributed by atoms with E-state index >= 15 is 0 Å². The van der Waals surface area contributed by atoms with Crippen molar-refractivity contribution in [3.63, 3.8) is 0 Å². The van der Waals surface area contributed by atoms with Crippen molar-refractivity contribution in [2.45, 2.75) is 40.0 Å². The molecule has 0 aliphatic rings. The molecule has 0 bridgehead atoms. The molecule has 1 aromatic rings. The molecule has 3 N–H and O–H groups in total. The van der Waals surface area contributed by atoms with Gasteiger partial charge in [-0.3, -0.25) is 14.4 Å². The van der Waals surface area contributed by atoms with Gasteiger partial charge in [0, 0.05) is 24.2 Å². The van der Waals surface area contributed by atoms with E-state index in [0.717, 1.165) is 5.56 Å². The summed E-state index contributed by atoms with van der Waals surface area (Å²) in [6.07, 6.45) is 0.373. The van der Waals surface area contributed by atoms with Crippen molar-refractivity contribution in [2.75, 3.05) is 17.2 Å². The molecule has 1 rings (SSSR count). The normalized spacial score (nSPS) is 9.88. The van der Waals surface area contributed by atoms with Crippen LogP contribution >= 0.6 is 12.2 Å². The Hall–Kier alpha value is -2.48. The smallest absolute Gasteiger partial charge is 0.306 e. The van der Waals surface area contributed by atoms with E-state index in [0.29, 0.717) is 17.8 Å². The zero-order chi connectivity index (χ0) is 18.8. The Bertz CT molecular complexity index is 661. The minimum Gasteiger partial charge on any atom is -0.466 e. The highest BCUT2D eigenvalue weighted by atomic mass is 32.1. The van der Waals surface area contributed by atoms with Crippen LogP contribution in [0.1, 0.15) is 38.7 Å². The molecule has 8 heteroatoms. The molecule has 25 heavy (non-hydrogen) atoms. The van der Waals surface area contributed by atoms with Gasteiger partial charge in [0.1, 0.15) is 0 Å². The molecule has 7 nitrogen and oxygen atoms in total. The molecule has 0 aliphatic heterocycles. The number of thiocarbonyl (C=S) groups is 1. The Labute approximate surface area is 152 Å². The summed E-state index contributed by atoms with van der Waals surface area (Å²) in [7, 11) is 0. The highest BCUT2D eigenvalue weighted by Crippen LogP contribution is 2.23. The first-order valence-corrected chi connectivity index (χ1v) is 8.44. The number of carbonyl (C=O) groups excluding carboxylic acids is 3. The van der Waals surface area contributed by atoms with Crippen LogP contribution in [0.4, 0.5) is 11.4 Å². The van der Waals surface area contributed by atoms with E-state index in [9.17, 15) is 14.4 Å². The Morgan fingerprint density at radius 1 is 1.04 bits per heavy atom. The predicted octanol–water partition coefficient (Wildman–Crippen LogP) is 2.50. The largest absolute Gasteiger partial charge is 0.466 e. The number of esters is 1. The molecule has 0 heterocycles.